The van der Waals surface area contributed by atoms with Crippen molar-refractivity contribution in [2.75, 3.05) is 17.2 Å². The van der Waals surface area contributed by atoms with Crippen molar-refractivity contribution < 1.29 is 5.11 Å². The van der Waals surface area contributed by atoms with Crippen molar-refractivity contribution >= 4 is 34.3 Å². The van der Waals surface area contributed by atoms with Gasteiger partial charge in [-0.05, 0) is 49.8 Å². The van der Waals surface area contributed by atoms with E-state index in [-0.39, 0.29) is 6.61 Å². The van der Waals surface area contributed by atoms with E-state index in [9.17, 15) is 0 Å². The van der Waals surface area contributed by atoms with Crippen LogP contribution in [0.4, 0.5) is 11.8 Å². The van der Waals surface area contributed by atoms with E-state index in [0.717, 1.165) is 54.5 Å². The summed E-state index contributed by atoms with van der Waals surface area (Å²) in [5.74, 6) is 2.06. The Kier molecular flexibility index (Phi) is 5.83. The smallest absolute Gasteiger partial charge is 0.222 e. The van der Waals surface area contributed by atoms with Gasteiger partial charge in [0.2, 0.25) is 5.95 Å². The van der Waals surface area contributed by atoms with Gasteiger partial charge in [0.25, 0.3) is 0 Å². The van der Waals surface area contributed by atoms with E-state index in [1.165, 1.54) is 0 Å². The Morgan fingerprint density at radius 1 is 1.04 bits per heavy atom. The van der Waals surface area contributed by atoms with Gasteiger partial charge in [0.1, 0.15) is 11.3 Å². The summed E-state index contributed by atoms with van der Waals surface area (Å²) in [6, 6.07) is 6.35. The summed E-state index contributed by atoms with van der Waals surface area (Å²) in [6.45, 7) is 0.826. The van der Waals surface area contributed by atoms with Crippen LogP contribution in [0.3, 0.4) is 0 Å². The fourth-order valence-corrected chi connectivity index (χ4v) is 3.79. The molecule has 28 heavy (non-hydrogen) atoms. The molecule has 0 aliphatic heterocycles. The van der Waals surface area contributed by atoms with Crippen LogP contribution in [0, 0.1) is 5.92 Å². The largest absolute Gasteiger partial charge is 0.392 e. The van der Waals surface area contributed by atoms with Crippen molar-refractivity contribution in [2.24, 2.45) is 5.92 Å². The van der Waals surface area contributed by atoms with Gasteiger partial charge in [0, 0.05) is 42.1 Å². The molecule has 7 nitrogen and oxygen atoms in total. The summed E-state index contributed by atoms with van der Waals surface area (Å²) < 4.78 is 0. The second kappa shape index (κ2) is 8.67. The highest BCUT2D eigenvalue weighted by molar-refractivity contribution is 6.33. The maximum absolute atomic E-state index is 9.04. The first-order valence-corrected chi connectivity index (χ1v) is 9.92. The average Bonchev–Trinajstić information content (AvgIpc) is 2.74. The van der Waals surface area contributed by atoms with Crippen LogP contribution in [0.2, 0.25) is 5.15 Å². The number of pyridine rings is 2. The van der Waals surface area contributed by atoms with Crippen molar-refractivity contribution in [3.63, 3.8) is 0 Å². The summed E-state index contributed by atoms with van der Waals surface area (Å²) in [6.07, 6.45) is 9.45. The predicted molar refractivity (Wildman–Crippen MR) is 110 cm³/mol. The Hall–Kier alpha value is -2.51. The molecular formula is C20H23ClN6O. The fraction of sp³-hybridized carbons (Fsp3) is 0.400. The minimum atomic E-state index is -0.0356. The van der Waals surface area contributed by atoms with Gasteiger partial charge in [-0.25, -0.2) is 19.9 Å². The van der Waals surface area contributed by atoms with Crippen LogP contribution < -0.4 is 10.6 Å². The van der Waals surface area contributed by atoms with Crippen molar-refractivity contribution in [3.05, 3.63) is 47.5 Å². The van der Waals surface area contributed by atoms with Crippen molar-refractivity contribution in [2.45, 2.75) is 38.3 Å². The van der Waals surface area contributed by atoms with Gasteiger partial charge in [0.15, 0.2) is 5.15 Å². The molecule has 3 aromatic heterocycles. The maximum atomic E-state index is 9.04. The Balaban J connectivity index is 1.27. The number of nitrogens with zero attached hydrogens (tertiary/aromatic N) is 4. The highest BCUT2D eigenvalue weighted by atomic mass is 35.5. The summed E-state index contributed by atoms with van der Waals surface area (Å²) >= 11 is 6.16. The third-order valence-electron chi connectivity index (χ3n) is 5.20. The van der Waals surface area contributed by atoms with Gasteiger partial charge in [-0.1, -0.05) is 11.6 Å². The molecule has 1 aliphatic rings. The number of aliphatic hydroxyl groups excluding tert-OH is 1. The van der Waals surface area contributed by atoms with E-state index in [1.54, 1.807) is 18.6 Å². The quantitative estimate of drug-likeness (QED) is 0.545. The summed E-state index contributed by atoms with van der Waals surface area (Å²) in [5, 5.41) is 17.3. The third-order valence-corrected chi connectivity index (χ3v) is 5.48. The summed E-state index contributed by atoms with van der Waals surface area (Å²) in [7, 11) is 0. The van der Waals surface area contributed by atoms with Crippen molar-refractivity contribution in [1.82, 2.24) is 19.9 Å². The number of nitrogens with one attached hydrogen (secondary N) is 2. The number of rotatable bonds is 6. The van der Waals surface area contributed by atoms with Gasteiger partial charge < -0.3 is 15.7 Å². The molecule has 0 atom stereocenters. The average molecular weight is 399 g/mol. The second-order valence-corrected chi connectivity index (χ2v) is 7.54. The topological polar surface area (TPSA) is 95.9 Å². The van der Waals surface area contributed by atoms with Crippen LogP contribution in [0.5, 0.6) is 0 Å². The minimum absolute atomic E-state index is 0.0356. The molecule has 4 rings (SSSR count). The van der Waals surface area contributed by atoms with Crippen molar-refractivity contribution in [1.29, 1.82) is 0 Å². The van der Waals surface area contributed by atoms with Crippen molar-refractivity contribution in [3.8, 4) is 0 Å². The maximum Gasteiger partial charge on any atom is 0.222 e. The minimum Gasteiger partial charge on any atom is -0.392 e. The molecule has 0 unspecified atom stereocenters. The van der Waals surface area contributed by atoms with Gasteiger partial charge in [-0.2, -0.15) is 0 Å². The highest BCUT2D eigenvalue weighted by Gasteiger charge is 2.21. The number of hydrogen-bond donors (Lipinski definition) is 3. The SMILES string of the molecule is OCc1cnc(NC[C@H]2CC[C@H](Nc3ccc4ccnc(Cl)c4n3)CC2)nc1. The molecule has 0 radical (unpaired) electrons. The van der Waals surface area contributed by atoms with E-state index in [0.29, 0.717) is 23.1 Å². The lowest BCUT2D eigenvalue weighted by molar-refractivity contribution is 0.281. The molecule has 1 aliphatic carbocycles. The van der Waals surface area contributed by atoms with Gasteiger partial charge in [0.05, 0.1) is 6.61 Å². The molecule has 0 spiro atoms. The van der Waals surface area contributed by atoms with E-state index < -0.39 is 0 Å². The lowest BCUT2D eigenvalue weighted by Crippen LogP contribution is -2.29. The number of halogens is 1. The van der Waals surface area contributed by atoms with E-state index in [2.05, 4.69) is 30.6 Å². The number of aromatic nitrogens is 4. The first-order chi connectivity index (χ1) is 13.7. The Labute approximate surface area is 168 Å². The van der Waals surface area contributed by atoms with Crippen LogP contribution in [0.1, 0.15) is 31.2 Å². The first-order valence-electron chi connectivity index (χ1n) is 9.54. The predicted octanol–water partition coefficient (Wildman–Crippen LogP) is 3.65. The number of anilines is 2. The number of aliphatic hydroxyl groups is 1. The lowest BCUT2D eigenvalue weighted by Gasteiger charge is -2.29. The molecule has 1 fully saturated rings. The molecule has 1 saturated carbocycles. The molecule has 3 heterocycles. The highest BCUT2D eigenvalue weighted by Crippen LogP contribution is 2.27. The zero-order valence-corrected chi connectivity index (χ0v) is 16.2. The number of hydrogen-bond acceptors (Lipinski definition) is 7. The summed E-state index contributed by atoms with van der Waals surface area (Å²) in [4.78, 5) is 17.2. The van der Waals surface area contributed by atoms with Gasteiger partial charge in [-0.3, -0.25) is 0 Å². The molecule has 146 valence electrons. The first kappa shape index (κ1) is 18.8. The van der Waals surface area contributed by atoms with E-state index >= 15 is 0 Å². The monoisotopic (exact) mass is 398 g/mol. The molecule has 0 amide bonds. The van der Waals surface area contributed by atoms with Crippen LogP contribution in [0.25, 0.3) is 10.9 Å². The normalized spacial score (nSPS) is 19.5. The second-order valence-electron chi connectivity index (χ2n) is 7.19. The van der Waals surface area contributed by atoms with E-state index in [4.69, 9.17) is 16.7 Å². The summed E-state index contributed by atoms with van der Waals surface area (Å²) in [5.41, 5.74) is 1.45. The third kappa shape index (κ3) is 4.48. The Morgan fingerprint density at radius 2 is 1.82 bits per heavy atom. The Morgan fingerprint density at radius 3 is 2.57 bits per heavy atom. The van der Waals surface area contributed by atoms with Crippen LogP contribution in [0.15, 0.2) is 36.8 Å². The van der Waals surface area contributed by atoms with Crippen LogP contribution in [-0.4, -0.2) is 37.6 Å². The fourth-order valence-electron chi connectivity index (χ4n) is 3.58. The standard InChI is InChI=1S/C20H23ClN6O/c21-19-18-15(7-8-22-19)3-6-17(27-18)26-16-4-1-13(2-5-16)9-23-20-24-10-14(12-28)11-25-20/h3,6-8,10-11,13,16,28H,1-2,4-5,9,12H2,(H,26,27)(H,23,24,25)/t13-,16-. The molecule has 0 aromatic carbocycles. The number of fused-ring (bicyclic) bond motifs is 1. The lowest BCUT2D eigenvalue weighted by atomic mass is 9.86. The zero-order valence-electron chi connectivity index (χ0n) is 15.5. The molecule has 3 aromatic rings. The Bertz CT molecular complexity index is 928. The molecule has 3 N–H and O–H groups in total. The van der Waals surface area contributed by atoms with Crippen LogP contribution in [-0.2, 0) is 6.61 Å². The zero-order chi connectivity index (χ0) is 19.3. The molecule has 8 heteroatoms. The van der Waals surface area contributed by atoms with Gasteiger partial charge >= 0.3 is 0 Å². The molecule has 0 bridgehead atoms. The van der Waals surface area contributed by atoms with E-state index in [1.807, 2.05) is 18.2 Å². The van der Waals surface area contributed by atoms with Crippen LogP contribution >= 0.6 is 11.6 Å². The molecular weight excluding hydrogens is 376 g/mol. The van der Waals surface area contributed by atoms with Gasteiger partial charge in [-0.15, -0.1) is 0 Å². The molecule has 0 saturated heterocycles.